The first kappa shape index (κ1) is 24.5. The monoisotopic (exact) mass is 431 g/mol. The Morgan fingerprint density at radius 1 is 1.34 bits per heavy atom. The number of amides is 1. The van der Waals surface area contributed by atoms with Crippen molar-refractivity contribution in [2.75, 3.05) is 18.1 Å². The zero-order valence-corrected chi connectivity index (χ0v) is 16.5. The molecule has 1 aromatic carbocycles. The Labute approximate surface area is 174 Å². The molecule has 0 fully saturated rings. The first-order valence-corrected chi connectivity index (χ1v) is 8.39. The lowest BCUT2D eigenvalue weighted by atomic mass is 10.0. The first-order chi connectivity index (χ1) is 12.6. The van der Waals surface area contributed by atoms with Crippen LogP contribution < -0.4 is 4.90 Å². The highest BCUT2D eigenvalue weighted by Gasteiger charge is 2.37. The van der Waals surface area contributed by atoms with E-state index in [0.29, 0.717) is 5.69 Å². The summed E-state index contributed by atoms with van der Waals surface area (Å²) in [5.74, 6) is -1.17. The van der Waals surface area contributed by atoms with Crippen LogP contribution in [0.4, 0.5) is 18.9 Å². The average molecular weight is 431 g/mol. The number of ether oxygens (including phenoxy) is 1. The number of hydrogen-bond acceptors (Lipinski definition) is 4. The number of rotatable bonds is 3. The molecule has 0 spiro atoms. The van der Waals surface area contributed by atoms with Gasteiger partial charge in [-0.1, -0.05) is 7.43 Å². The summed E-state index contributed by atoms with van der Waals surface area (Å²) in [5.41, 5.74) is -0.280. The van der Waals surface area contributed by atoms with E-state index in [1.165, 1.54) is 34.8 Å². The third kappa shape index (κ3) is 4.42. The Hall–Kier alpha value is -2.49. The smallest absolute Gasteiger partial charge is 0.416 e. The van der Waals surface area contributed by atoms with Crippen molar-refractivity contribution in [2.45, 2.75) is 40.4 Å². The van der Waals surface area contributed by atoms with E-state index in [2.05, 4.69) is 5.10 Å². The Bertz CT molecular complexity index is 912. The van der Waals surface area contributed by atoms with Gasteiger partial charge in [0.2, 0.25) is 0 Å². The van der Waals surface area contributed by atoms with Crippen molar-refractivity contribution >= 4 is 31.1 Å². The normalized spacial score (nSPS) is 15.9. The molecule has 29 heavy (non-hydrogen) atoms. The quantitative estimate of drug-likeness (QED) is 0.678. The number of halogens is 3. The molecule has 0 radical (unpaired) electrons. The molecule has 1 aromatic heterocycles. The molecule has 1 aliphatic rings. The van der Waals surface area contributed by atoms with Crippen molar-refractivity contribution in [2.24, 2.45) is 0 Å². The van der Waals surface area contributed by atoms with Crippen LogP contribution in [0.2, 0.25) is 0 Å². The lowest BCUT2D eigenvalue weighted by Gasteiger charge is -2.32. The van der Waals surface area contributed by atoms with E-state index >= 15 is 0 Å². The van der Waals surface area contributed by atoms with Crippen LogP contribution in [-0.4, -0.2) is 34.8 Å². The molecule has 1 atom stereocenters. The van der Waals surface area contributed by atoms with Gasteiger partial charge in [0.25, 0.3) is 5.91 Å². The van der Waals surface area contributed by atoms with Crippen LogP contribution in [0, 0.1) is 6.92 Å². The molecule has 0 N–H and O–H groups in total. The van der Waals surface area contributed by atoms with Crippen LogP contribution in [0.3, 0.4) is 0 Å². The highest BCUT2D eigenvalue weighted by molar-refractivity contribution is 7.59. The predicted octanol–water partition coefficient (Wildman–Crippen LogP) is 4.36. The minimum Gasteiger partial charge on any atom is -0.462 e. The molecular formula is C19H24F3N3O3S. The third-order valence-corrected chi connectivity index (χ3v) is 4.43. The molecule has 0 bridgehead atoms. The van der Waals surface area contributed by atoms with Gasteiger partial charge in [-0.15, -0.1) is 0 Å². The van der Waals surface area contributed by atoms with E-state index in [4.69, 9.17) is 4.74 Å². The number of aryl methyl sites for hydroxylation is 1. The summed E-state index contributed by atoms with van der Waals surface area (Å²) in [7, 11) is 0. The second-order valence-electron chi connectivity index (χ2n) is 6.33. The van der Waals surface area contributed by atoms with E-state index in [-0.39, 0.29) is 56.9 Å². The second-order valence-corrected chi connectivity index (χ2v) is 6.33. The number of esters is 1. The average Bonchev–Trinajstić information content (AvgIpc) is 3.03. The van der Waals surface area contributed by atoms with Gasteiger partial charge in [0.1, 0.15) is 11.3 Å². The molecule has 0 saturated carbocycles. The van der Waals surface area contributed by atoms with Crippen LogP contribution in [-0.2, 0) is 10.9 Å². The number of carbonyl (C=O) groups excluding carboxylic acids is 2. The Kier molecular flexibility index (Phi) is 7.53. The fourth-order valence-electron chi connectivity index (χ4n) is 3.18. The molecule has 3 rings (SSSR count). The number of benzene rings is 1. The SMILES string of the molecule is C.CCOC(=O)c1cnn2c1C(=O)N(c1ccc(C(F)(F)F)c(C)c1)C[C@@H]2C.S. The van der Waals surface area contributed by atoms with E-state index < -0.39 is 23.6 Å². The minimum atomic E-state index is -4.46. The van der Waals surface area contributed by atoms with Crippen LogP contribution in [0.15, 0.2) is 24.4 Å². The van der Waals surface area contributed by atoms with Gasteiger partial charge in [-0.2, -0.15) is 31.8 Å². The maximum Gasteiger partial charge on any atom is 0.416 e. The van der Waals surface area contributed by atoms with Gasteiger partial charge in [-0.25, -0.2) is 4.79 Å². The van der Waals surface area contributed by atoms with E-state index in [1.807, 2.05) is 6.92 Å². The summed E-state index contributed by atoms with van der Waals surface area (Å²) in [5, 5.41) is 4.10. The minimum absolute atomic E-state index is 0. The largest absolute Gasteiger partial charge is 0.462 e. The number of fused-ring (bicyclic) bond motifs is 1. The lowest BCUT2D eigenvalue weighted by Crippen LogP contribution is -2.43. The fourth-order valence-corrected chi connectivity index (χ4v) is 3.18. The number of aromatic nitrogens is 2. The Balaban J connectivity index is 0.00000210. The van der Waals surface area contributed by atoms with Gasteiger partial charge in [-0.05, 0) is 44.5 Å². The molecule has 1 aliphatic heterocycles. The molecule has 0 aliphatic carbocycles. The Morgan fingerprint density at radius 3 is 2.55 bits per heavy atom. The van der Waals surface area contributed by atoms with E-state index in [1.54, 1.807) is 6.92 Å². The topological polar surface area (TPSA) is 64.4 Å². The Morgan fingerprint density at radius 2 is 2.00 bits per heavy atom. The van der Waals surface area contributed by atoms with Crippen molar-refractivity contribution in [3.63, 3.8) is 0 Å². The maximum absolute atomic E-state index is 13.0. The van der Waals surface area contributed by atoms with Gasteiger partial charge in [0.05, 0.1) is 24.4 Å². The van der Waals surface area contributed by atoms with Gasteiger partial charge >= 0.3 is 12.1 Å². The van der Waals surface area contributed by atoms with E-state index in [9.17, 15) is 22.8 Å². The number of carbonyl (C=O) groups is 2. The highest BCUT2D eigenvalue weighted by Crippen LogP contribution is 2.35. The summed E-state index contributed by atoms with van der Waals surface area (Å²) in [6.07, 6.45) is -3.18. The first-order valence-electron chi connectivity index (χ1n) is 8.39. The van der Waals surface area contributed by atoms with Crippen molar-refractivity contribution in [1.29, 1.82) is 0 Å². The maximum atomic E-state index is 13.0. The molecular weight excluding hydrogens is 407 g/mol. The third-order valence-electron chi connectivity index (χ3n) is 4.43. The highest BCUT2D eigenvalue weighted by atomic mass is 32.1. The summed E-state index contributed by atoms with van der Waals surface area (Å²) in [4.78, 5) is 26.5. The summed E-state index contributed by atoms with van der Waals surface area (Å²) < 4.78 is 45.4. The van der Waals surface area contributed by atoms with Gasteiger partial charge in [-0.3, -0.25) is 9.48 Å². The molecule has 2 aromatic rings. The van der Waals surface area contributed by atoms with Gasteiger partial charge in [0, 0.05) is 12.2 Å². The zero-order chi connectivity index (χ0) is 19.9. The number of hydrogen-bond donors (Lipinski definition) is 0. The summed E-state index contributed by atoms with van der Waals surface area (Å²) in [6, 6.07) is 3.28. The van der Waals surface area contributed by atoms with Crippen molar-refractivity contribution in [3.8, 4) is 0 Å². The van der Waals surface area contributed by atoms with Crippen molar-refractivity contribution in [3.05, 3.63) is 46.8 Å². The van der Waals surface area contributed by atoms with Crippen LogP contribution >= 0.6 is 13.5 Å². The molecule has 0 unspecified atom stereocenters. The summed E-state index contributed by atoms with van der Waals surface area (Å²) >= 11 is 0. The van der Waals surface area contributed by atoms with Crippen LogP contribution in [0.5, 0.6) is 0 Å². The standard InChI is InChI=1S/C18H18F3N3O3.CH4.H2S/c1-4-27-17(26)13-8-22-24-11(3)9-23(16(25)15(13)24)12-5-6-14(10(2)7-12)18(19,20)21;;/h5-8,11H,4,9H2,1-3H3;1H4;1H2/t11-;;/m0../s1. The van der Waals surface area contributed by atoms with Crippen LogP contribution in [0.25, 0.3) is 0 Å². The molecule has 1 amide bonds. The van der Waals surface area contributed by atoms with Crippen LogP contribution in [0.1, 0.15) is 59.3 Å². The molecule has 0 saturated heterocycles. The fraction of sp³-hybridized carbons (Fsp3) is 0.421. The summed E-state index contributed by atoms with van der Waals surface area (Å²) in [6.45, 7) is 5.17. The van der Waals surface area contributed by atoms with Crippen molar-refractivity contribution in [1.82, 2.24) is 9.78 Å². The molecule has 6 nitrogen and oxygen atoms in total. The second kappa shape index (κ2) is 8.89. The lowest BCUT2D eigenvalue weighted by molar-refractivity contribution is -0.138. The van der Waals surface area contributed by atoms with Gasteiger partial charge < -0.3 is 9.64 Å². The molecule has 2 heterocycles. The predicted molar refractivity (Wildman–Crippen MR) is 108 cm³/mol. The number of anilines is 1. The van der Waals surface area contributed by atoms with Crippen molar-refractivity contribution < 1.29 is 27.5 Å². The van der Waals surface area contributed by atoms with E-state index in [0.717, 1.165) is 6.07 Å². The molecule has 10 heteroatoms. The molecule has 160 valence electrons. The van der Waals surface area contributed by atoms with Gasteiger partial charge in [0.15, 0.2) is 0 Å². The number of alkyl halides is 3. The zero-order valence-electron chi connectivity index (χ0n) is 15.5. The number of nitrogens with zero attached hydrogens (tertiary/aromatic N) is 3.